The van der Waals surface area contributed by atoms with Crippen molar-refractivity contribution in [3.8, 4) is 11.4 Å². The van der Waals surface area contributed by atoms with Crippen LogP contribution in [0, 0.1) is 0 Å². The predicted octanol–water partition coefficient (Wildman–Crippen LogP) is 2.71. The molecule has 0 spiro atoms. The number of carbonyl (C=O) groups is 1. The maximum Gasteiger partial charge on any atom is 0.242 e. The van der Waals surface area contributed by atoms with E-state index in [0.29, 0.717) is 24.8 Å². The third-order valence-corrected chi connectivity index (χ3v) is 4.89. The van der Waals surface area contributed by atoms with E-state index in [2.05, 4.69) is 15.1 Å². The van der Waals surface area contributed by atoms with Crippen LogP contribution < -0.4 is 0 Å². The molecule has 0 bridgehead atoms. The zero-order valence-corrected chi connectivity index (χ0v) is 14.5. The first kappa shape index (κ1) is 15.7. The third kappa shape index (κ3) is 2.87. The number of hydrogen-bond acceptors (Lipinski definition) is 5. The van der Waals surface area contributed by atoms with Gasteiger partial charge in [-0.25, -0.2) is 4.98 Å². The number of nitrogens with zero attached hydrogens (tertiary/aromatic N) is 5. The number of para-hydroxylation sites is 2. The molecule has 1 aliphatic rings. The first-order valence-corrected chi connectivity index (χ1v) is 8.84. The maximum atomic E-state index is 12.6. The Bertz CT molecular complexity index is 1100. The average molecular weight is 359 g/mol. The van der Waals surface area contributed by atoms with Crippen LogP contribution in [0.25, 0.3) is 22.4 Å². The van der Waals surface area contributed by atoms with E-state index < -0.39 is 0 Å². The fourth-order valence-corrected chi connectivity index (χ4v) is 3.33. The molecule has 0 radical (unpaired) electrons. The van der Waals surface area contributed by atoms with E-state index in [1.807, 2.05) is 64.1 Å². The van der Waals surface area contributed by atoms with Crippen LogP contribution in [0.1, 0.15) is 11.8 Å². The van der Waals surface area contributed by atoms with Crippen molar-refractivity contribution < 1.29 is 9.32 Å². The lowest BCUT2D eigenvalue weighted by Gasteiger charge is -2.37. The number of benzene rings is 2. The molecule has 7 nitrogen and oxygen atoms in total. The fraction of sp³-hybridized carbons (Fsp3) is 0.200. The Balaban J connectivity index is 1.23. The summed E-state index contributed by atoms with van der Waals surface area (Å²) >= 11 is 0. The molecule has 2 aromatic carbocycles. The monoisotopic (exact) mass is 359 g/mol. The van der Waals surface area contributed by atoms with Crippen molar-refractivity contribution in [1.82, 2.24) is 24.6 Å². The summed E-state index contributed by atoms with van der Waals surface area (Å²) in [5.74, 6) is 1.34. The summed E-state index contributed by atoms with van der Waals surface area (Å²) in [7, 11) is 0. The van der Waals surface area contributed by atoms with E-state index in [0.717, 1.165) is 16.6 Å². The van der Waals surface area contributed by atoms with Gasteiger partial charge in [0.15, 0.2) is 0 Å². The zero-order valence-electron chi connectivity index (χ0n) is 14.5. The summed E-state index contributed by atoms with van der Waals surface area (Å²) in [5.41, 5.74) is 2.78. The lowest BCUT2D eigenvalue weighted by molar-refractivity contribution is -0.136. The Kier molecular flexibility index (Phi) is 3.71. The number of fused-ring (bicyclic) bond motifs is 1. The van der Waals surface area contributed by atoms with Crippen LogP contribution in [0.4, 0.5) is 0 Å². The molecule has 4 aromatic rings. The molecule has 0 aliphatic carbocycles. The minimum absolute atomic E-state index is 0.0669. The third-order valence-electron chi connectivity index (χ3n) is 4.89. The van der Waals surface area contributed by atoms with E-state index in [1.165, 1.54) is 0 Å². The van der Waals surface area contributed by atoms with Gasteiger partial charge in [-0.3, -0.25) is 4.79 Å². The highest BCUT2D eigenvalue weighted by Crippen LogP contribution is 2.28. The zero-order chi connectivity index (χ0) is 18.2. The molecular weight excluding hydrogens is 342 g/mol. The van der Waals surface area contributed by atoms with Gasteiger partial charge in [-0.1, -0.05) is 47.6 Å². The molecule has 134 valence electrons. The van der Waals surface area contributed by atoms with Crippen molar-refractivity contribution in [2.24, 2.45) is 0 Å². The highest BCUT2D eigenvalue weighted by atomic mass is 16.5. The second-order valence-electron chi connectivity index (χ2n) is 6.68. The molecule has 1 aliphatic heterocycles. The summed E-state index contributed by atoms with van der Waals surface area (Å²) in [5, 5.41) is 4.05. The molecule has 0 saturated carbocycles. The standard InChI is InChI=1S/C20H17N5O2/c26-18(12-25-13-21-16-8-4-5-9-17(16)25)24-10-15(11-24)20-22-19(23-27-20)14-6-2-1-3-7-14/h1-9,13,15H,10-12H2. The Labute approximate surface area is 155 Å². The Hall–Kier alpha value is -3.48. The highest BCUT2D eigenvalue weighted by molar-refractivity contribution is 5.81. The van der Waals surface area contributed by atoms with E-state index in [9.17, 15) is 4.79 Å². The number of hydrogen-bond donors (Lipinski definition) is 0. The van der Waals surface area contributed by atoms with Gasteiger partial charge in [0.1, 0.15) is 6.54 Å². The van der Waals surface area contributed by atoms with Crippen LogP contribution in [0.15, 0.2) is 65.4 Å². The summed E-state index contributed by atoms with van der Waals surface area (Å²) in [6.07, 6.45) is 1.71. The molecule has 7 heteroatoms. The smallest absolute Gasteiger partial charge is 0.242 e. The van der Waals surface area contributed by atoms with Gasteiger partial charge in [0.05, 0.1) is 23.3 Å². The SMILES string of the molecule is O=C(Cn1cnc2ccccc21)N1CC(c2nc(-c3ccccc3)no2)C1. The van der Waals surface area contributed by atoms with E-state index in [4.69, 9.17) is 4.52 Å². The first-order valence-electron chi connectivity index (χ1n) is 8.84. The van der Waals surface area contributed by atoms with Gasteiger partial charge in [-0.2, -0.15) is 4.98 Å². The number of amides is 1. The summed E-state index contributed by atoms with van der Waals surface area (Å²) in [6, 6.07) is 17.5. The van der Waals surface area contributed by atoms with Crippen molar-refractivity contribution >= 4 is 16.9 Å². The number of rotatable bonds is 4. The Morgan fingerprint density at radius 1 is 1.07 bits per heavy atom. The number of imidazole rings is 1. The van der Waals surface area contributed by atoms with Crippen molar-refractivity contribution in [3.63, 3.8) is 0 Å². The lowest BCUT2D eigenvalue weighted by atomic mass is 10.00. The fourth-order valence-electron chi connectivity index (χ4n) is 3.33. The van der Waals surface area contributed by atoms with Crippen molar-refractivity contribution in [3.05, 3.63) is 66.8 Å². The van der Waals surface area contributed by atoms with Crippen LogP contribution in [0.3, 0.4) is 0 Å². The molecule has 27 heavy (non-hydrogen) atoms. The minimum atomic E-state index is 0.0669. The van der Waals surface area contributed by atoms with Gasteiger partial charge < -0.3 is 14.0 Å². The molecule has 0 N–H and O–H groups in total. The number of aromatic nitrogens is 4. The molecule has 1 amide bonds. The largest absolute Gasteiger partial charge is 0.339 e. The topological polar surface area (TPSA) is 77.1 Å². The van der Waals surface area contributed by atoms with Gasteiger partial charge in [-0.05, 0) is 12.1 Å². The van der Waals surface area contributed by atoms with Gasteiger partial charge in [0.2, 0.25) is 17.6 Å². The molecule has 1 fully saturated rings. The molecule has 0 atom stereocenters. The average Bonchev–Trinajstić information content (AvgIpc) is 3.29. The van der Waals surface area contributed by atoms with Crippen LogP contribution in [0.5, 0.6) is 0 Å². The van der Waals surface area contributed by atoms with Gasteiger partial charge in [0.25, 0.3) is 0 Å². The Morgan fingerprint density at radius 3 is 2.70 bits per heavy atom. The Morgan fingerprint density at radius 2 is 1.85 bits per heavy atom. The molecule has 0 unspecified atom stereocenters. The molecular formula is C20H17N5O2. The number of carbonyl (C=O) groups excluding carboxylic acids is 1. The molecule has 5 rings (SSSR count). The lowest BCUT2D eigenvalue weighted by Crippen LogP contribution is -2.49. The van der Waals surface area contributed by atoms with Gasteiger partial charge in [-0.15, -0.1) is 0 Å². The maximum absolute atomic E-state index is 12.6. The highest BCUT2D eigenvalue weighted by Gasteiger charge is 2.35. The van der Waals surface area contributed by atoms with E-state index in [-0.39, 0.29) is 18.4 Å². The second kappa shape index (κ2) is 6.35. The molecule has 2 aromatic heterocycles. The summed E-state index contributed by atoms with van der Waals surface area (Å²) < 4.78 is 7.28. The van der Waals surface area contributed by atoms with Gasteiger partial charge in [0, 0.05) is 18.7 Å². The first-order chi connectivity index (χ1) is 13.3. The van der Waals surface area contributed by atoms with Crippen molar-refractivity contribution in [2.45, 2.75) is 12.5 Å². The van der Waals surface area contributed by atoms with Crippen LogP contribution >= 0.6 is 0 Å². The van der Waals surface area contributed by atoms with Crippen LogP contribution in [-0.2, 0) is 11.3 Å². The van der Waals surface area contributed by atoms with Gasteiger partial charge >= 0.3 is 0 Å². The summed E-state index contributed by atoms with van der Waals surface area (Å²) in [4.78, 5) is 23.2. The van der Waals surface area contributed by atoms with E-state index in [1.54, 1.807) is 6.33 Å². The molecule has 1 saturated heterocycles. The quantitative estimate of drug-likeness (QED) is 0.560. The van der Waals surface area contributed by atoms with Crippen molar-refractivity contribution in [2.75, 3.05) is 13.1 Å². The normalized spacial score (nSPS) is 14.4. The summed E-state index contributed by atoms with van der Waals surface area (Å²) in [6.45, 7) is 1.48. The minimum Gasteiger partial charge on any atom is -0.339 e. The molecule has 3 heterocycles. The van der Waals surface area contributed by atoms with Crippen molar-refractivity contribution in [1.29, 1.82) is 0 Å². The van der Waals surface area contributed by atoms with Crippen LogP contribution in [-0.4, -0.2) is 43.6 Å². The predicted molar refractivity (Wildman–Crippen MR) is 98.8 cm³/mol. The number of likely N-dealkylation sites (tertiary alicyclic amines) is 1. The van der Waals surface area contributed by atoms with Crippen LogP contribution in [0.2, 0.25) is 0 Å². The second-order valence-corrected chi connectivity index (χ2v) is 6.68. The van der Waals surface area contributed by atoms with E-state index >= 15 is 0 Å².